The molecule has 3 rings (SSSR count). The summed E-state index contributed by atoms with van der Waals surface area (Å²) >= 11 is 0. The van der Waals surface area contributed by atoms with Gasteiger partial charge in [-0.3, -0.25) is 4.79 Å². The third-order valence-electron chi connectivity index (χ3n) is 5.82. The number of amides is 1. The van der Waals surface area contributed by atoms with Crippen LogP contribution < -0.4 is 16.0 Å². The van der Waals surface area contributed by atoms with Gasteiger partial charge in [0.05, 0.1) is 0 Å². The molecular formula is C29H46F4N4O. The molecule has 3 N–H and O–H groups in total. The maximum Gasteiger partial charge on any atom is 0.386 e. The highest BCUT2D eigenvalue weighted by atomic mass is 19.4. The van der Waals surface area contributed by atoms with Crippen molar-refractivity contribution in [3.63, 3.8) is 0 Å². The van der Waals surface area contributed by atoms with Crippen LogP contribution in [0, 0.1) is 17.7 Å². The molecule has 0 fully saturated rings. The normalized spacial score (nSPS) is 16.6. The Labute approximate surface area is 226 Å². The van der Waals surface area contributed by atoms with Crippen LogP contribution in [0.25, 0.3) is 0 Å². The number of halogens is 4. The highest BCUT2D eigenvalue weighted by molar-refractivity contribution is 5.54. The number of para-hydroxylation sites is 1. The van der Waals surface area contributed by atoms with Crippen LogP contribution in [0.5, 0.6) is 0 Å². The largest absolute Gasteiger partial charge is 0.386 e. The Hall–Kier alpha value is -2.65. The van der Waals surface area contributed by atoms with Crippen LogP contribution >= 0.6 is 0 Å². The summed E-state index contributed by atoms with van der Waals surface area (Å²) in [5.74, 6) is 2.06. The van der Waals surface area contributed by atoms with E-state index in [-0.39, 0.29) is 12.7 Å². The van der Waals surface area contributed by atoms with Crippen molar-refractivity contribution < 1.29 is 22.4 Å². The van der Waals surface area contributed by atoms with Crippen molar-refractivity contribution in [2.24, 2.45) is 11.8 Å². The lowest BCUT2D eigenvalue weighted by molar-refractivity contribution is -0.110. The van der Waals surface area contributed by atoms with Crippen molar-refractivity contribution in [2.75, 3.05) is 52.6 Å². The molecule has 3 unspecified atom stereocenters. The Morgan fingerprint density at radius 3 is 2.18 bits per heavy atom. The fourth-order valence-electron chi connectivity index (χ4n) is 3.79. The molecule has 1 heterocycles. The minimum atomic E-state index is -4.00. The van der Waals surface area contributed by atoms with Crippen LogP contribution in [-0.2, 0) is 4.79 Å². The zero-order chi connectivity index (χ0) is 29.0. The zero-order valence-electron chi connectivity index (χ0n) is 23.6. The molecule has 5 nitrogen and oxygen atoms in total. The van der Waals surface area contributed by atoms with Gasteiger partial charge in [0.15, 0.2) is 0 Å². The molecule has 0 bridgehead atoms. The number of carbonyl (C=O) groups is 1. The summed E-state index contributed by atoms with van der Waals surface area (Å²) in [6, 6.07) is 16.7. The van der Waals surface area contributed by atoms with Gasteiger partial charge in [-0.2, -0.15) is 13.2 Å². The summed E-state index contributed by atoms with van der Waals surface area (Å²) in [4.78, 5) is 11.7. The predicted octanol–water partition coefficient (Wildman–Crippen LogP) is 6.16. The fourth-order valence-corrected chi connectivity index (χ4v) is 3.79. The molecule has 0 saturated carbocycles. The molecule has 38 heavy (non-hydrogen) atoms. The fraction of sp³-hybridized carbons (Fsp3) is 0.552. The molecular weight excluding hydrogens is 496 g/mol. The number of carbonyl (C=O) groups excluding carboxylic acids is 1. The van der Waals surface area contributed by atoms with Gasteiger partial charge in [-0.05, 0) is 82.0 Å². The molecule has 0 aliphatic carbocycles. The summed E-state index contributed by atoms with van der Waals surface area (Å²) < 4.78 is 43.0. The van der Waals surface area contributed by atoms with Crippen LogP contribution in [0.4, 0.5) is 23.2 Å². The van der Waals surface area contributed by atoms with Gasteiger partial charge in [0.25, 0.3) is 0 Å². The first-order valence-corrected chi connectivity index (χ1v) is 12.9. The molecule has 0 aromatic heterocycles. The van der Waals surface area contributed by atoms with Crippen LogP contribution in [0.2, 0.25) is 0 Å². The van der Waals surface area contributed by atoms with Gasteiger partial charge in [-0.1, -0.05) is 50.2 Å². The number of likely N-dealkylation sites (N-methyl/N-ethyl adjacent to an activating group) is 1. The summed E-state index contributed by atoms with van der Waals surface area (Å²) in [5, 5.41) is 9.41. The van der Waals surface area contributed by atoms with Crippen molar-refractivity contribution in [3.05, 3.63) is 66.0 Å². The second-order valence-corrected chi connectivity index (χ2v) is 9.71. The molecule has 9 heteroatoms. The Morgan fingerprint density at radius 1 is 1.11 bits per heavy atom. The van der Waals surface area contributed by atoms with Crippen molar-refractivity contribution >= 4 is 12.1 Å². The van der Waals surface area contributed by atoms with Gasteiger partial charge in [0, 0.05) is 32.2 Å². The number of rotatable bonds is 9. The third-order valence-corrected chi connectivity index (χ3v) is 5.82. The lowest BCUT2D eigenvalue weighted by atomic mass is 9.80. The van der Waals surface area contributed by atoms with Crippen molar-refractivity contribution in [1.82, 2.24) is 15.5 Å². The van der Waals surface area contributed by atoms with Gasteiger partial charge < -0.3 is 20.9 Å². The molecule has 1 amide bonds. The number of anilines is 1. The lowest BCUT2D eigenvalue weighted by Gasteiger charge is -2.33. The highest BCUT2D eigenvalue weighted by Crippen LogP contribution is 2.37. The smallest absolute Gasteiger partial charge is 0.385 e. The van der Waals surface area contributed by atoms with Gasteiger partial charge in [0.2, 0.25) is 6.41 Å². The van der Waals surface area contributed by atoms with Crippen LogP contribution in [0.3, 0.4) is 0 Å². The number of hydrogen-bond donors (Lipinski definition) is 3. The molecule has 3 atom stereocenters. The first-order valence-electron chi connectivity index (χ1n) is 12.9. The number of hydrogen-bond acceptors (Lipinski definition) is 4. The topological polar surface area (TPSA) is 56.4 Å². The van der Waals surface area contributed by atoms with E-state index in [1.54, 1.807) is 18.2 Å². The Morgan fingerprint density at radius 2 is 1.68 bits per heavy atom. The van der Waals surface area contributed by atoms with E-state index in [2.05, 4.69) is 54.1 Å². The van der Waals surface area contributed by atoms with E-state index < -0.39 is 6.18 Å². The van der Waals surface area contributed by atoms with Crippen molar-refractivity contribution in [3.8, 4) is 0 Å². The van der Waals surface area contributed by atoms with Gasteiger partial charge in [-0.15, -0.1) is 0 Å². The number of nitrogens with one attached hydrogen (secondary N) is 3. The molecule has 1 aliphatic heterocycles. The predicted molar refractivity (Wildman–Crippen MR) is 150 cm³/mol. The number of fused-ring (bicyclic) bond motifs is 1. The minimum Gasteiger partial charge on any atom is -0.385 e. The second kappa shape index (κ2) is 20.3. The van der Waals surface area contributed by atoms with E-state index in [9.17, 15) is 22.4 Å². The maximum atomic E-state index is 11.9. The molecule has 2 aromatic carbocycles. The molecule has 0 spiro atoms. The average Bonchev–Trinajstić information content (AvgIpc) is 2.84. The Kier molecular flexibility index (Phi) is 18.9. The summed E-state index contributed by atoms with van der Waals surface area (Å²) in [6.07, 6.45) is -0.644. The Balaban J connectivity index is 0.000000566. The number of alkyl halides is 3. The monoisotopic (exact) mass is 542 g/mol. The first-order chi connectivity index (χ1) is 17.9. The van der Waals surface area contributed by atoms with E-state index in [1.807, 2.05) is 26.0 Å². The third kappa shape index (κ3) is 19.5. The number of nitrogens with zero attached hydrogens (tertiary/aromatic N) is 1. The van der Waals surface area contributed by atoms with Crippen LogP contribution in [0.1, 0.15) is 45.1 Å². The lowest BCUT2D eigenvalue weighted by Crippen LogP contribution is -2.27. The van der Waals surface area contributed by atoms with E-state index in [0.29, 0.717) is 12.3 Å². The van der Waals surface area contributed by atoms with Gasteiger partial charge >= 0.3 is 6.18 Å². The molecule has 2 aromatic rings. The van der Waals surface area contributed by atoms with Crippen molar-refractivity contribution in [1.29, 1.82) is 0 Å². The molecule has 0 radical (unpaired) electrons. The van der Waals surface area contributed by atoms with E-state index >= 15 is 0 Å². The highest BCUT2D eigenvalue weighted by Gasteiger charge is 2.25. The zero-order valence-corrected chi connectivity index (χ0v) is 23.6. The maximum absolute atomic E-state index is 11.9. The summed E-state index contributed by atoms with van der Waals surface area (Å²) in [7, 11) is 5.97. The quantitative estimate of drug-likeness (QED) is 0.202. The molecule has 1 aliphatic rings. The van der Waals surface area contributed by atoms with E-state index in [0.717, 1.165) is 38.0 Å². The standard InChI is InChI=1S/C16H26N2.C6H5F.C5H12N2O.C2H3F3/c1-12(10-17-3)8-9-14-11-18-16-7-5-4-6-15(16)13(14)2;7-6-4-2-1-3-5-6;1-7(2)4-3-6-5-8;1-2(3,4)5/h4-7,12-14,17-18H,8-11H2,1-3H3;1-5H;5H,3-4H2,1-2H3,(H,6,8);1H3. The molecule has 0 saturated heterocycles. The average molecular weight is 543 g/mol. The first kappa shape index (κ1) is 35.4. The van der Waals surface area contributed by atoms with Gasteiger partial charge in [0.1, 0.15) is 5.82 Å². The summed E-state index contributed by atoms with van der Waals surface area (Å²) in [6.45, 7) is 8.80. The van der Waals surface area contributed by atoms with Crippen molar-refractivity contribution in [2.45, 2.75) is 45.7 Å². The van der Waals surface area contributed by atoms with E-state index in [4.69, 9.17) is 0 Å². The summed E-state index contributed by atoms with van der Waals surface area (Å²) in [5.41, 5.74) is 2.83. The van der Waals surface area contributed by atoms with E-state index in [1.165, 1.54) is 36.2 Å². The Bertz CT molecular complexity index is 844. The second-order valence-electron chi connectivity index (χ2n) is 9.71. The minimum absolute atomic E-state index is 0.178. The van der Waals surface area contributed by atoms with Crippen LogP contribution in [0.15, 0.2) is 54.6 Å². The van der Waals surface area contributed by atoms with Crippen LogP contribution in [-0.4, -0.2) is 64.8 Å². The molecule has 216 valence electrons. The SMILES string of the molecule is CC(F)(F)F.CN(C)CCNC=O.CNCC(C)CCC1CNc2ccccc2C1C.Fc1ccccc1. The van der Waals surface area contributed by atoms with Gasteiger partial charge in [-0.25, -0.2) is 4.39 Å². The number of benzene rings is 2.